The van der Waals surface area contributed by atoms with E-state index in [1.54, 1.807) is 7.05 Å². The number of nitrogens with two attached hydrogens (primary N) is 1. The summed E-state index contributed by atoms with van der Waals surface area (Å²) in [5.74, 6) is -0.00141. The summed E-state index contributed by atoms with van der Waals surface area (Å²) >= 11 is 0. The number of anilines is 2. The molecule has 2 rings (SSSR count). The van der Waals surface area contributed by atoms with Gasteiger partial charge in [0.25, 0.3) is 0 Å². The van der Waals surface area contributed by atoms with Gasteiger partial charge < -0.3 is 16.4 Å². The molecule has 0 heterocycles. The topological polar surface area (TPSA) is 67.2 Å². The fourth-order valence-corrected chi connectivity index (χ4v) is 1.99. The fraction of sp³-hybridized carbons (Fsp3) is 0.188. The molecule has 0 atom stereocenters. The van der Waals surface area contributed by atoms with Crippen LogP contribution in [0.2, 0.25) is 0 Å². The quantitative estimate of drug-likeness (QED) is 0.729. The number of benzene rings is 2. The lowest BCUT2D eigenvalue weighted by Crippen LogP contribution is -2.20. The standard InChI is InChI=1S/C16H19N3O/c1-18-16(20)10-12-6-3-5-9-15(12)19-11-13-7-2-4-8-14(13)17/h2-9,19H,10-11,17H2,1H3,(H,18,20). The molecular weight excluding hydrogens is 250 g/mol. The summed E-state index contributed by atoms with van der Waals surface area (Å²) in [6.45, 7) is 0.636. The van der Waals surface area contributed by atoms with E-state index < -0.39 is 0 Å². The van der Waals surface area contributed by atoms with Crippen LogP contribution in [0.4, 0.5) is 11.4 Å². The van der Waals surface area contributed by atoms with Crippen molar-refractivity contribution in [3.05, 3.63) is 59.7 Å². The number of nitrogen functional groups attached to an aromatic ring is 1. The van der Waals surface area contributed by atoms with E-state index in [4.69, 9.17) is 5.73 Å². The number of hydrogen-bond donors (Lipinski definition) is 3. The number of carbonyl (C=O) groups is 1. The first-order valence-electron chi connectivity index (χ1n) is 6.56. The molecule has 2 aromatic rings. The van der Waals surface area contributed by atoms with Gasteiger partial charge in [-0.3, -0.25) is 4.79 Å². The lowest BCUT2D eigenvalue weighted by molar-refractivity contribution is -0.119. The summed E-state index contributed by atoms with van der Waals surface area (Å²) in [6, 6.07) is 15.5. The Morgan fingerprint density at radius 1 is 1.05 bits per heavy atom. The normalized spacial score (nSPS) is 10.1. The first-order chi connectivity index (χ1) is 9.70. The minimum atomic E-state index is -0.00141. The van der Waals surface area contributed by atoms with Gasteiger partial charge >= 0.3 is 0 Å². The fourth-order valence-electron chi connectivity index (χ4n) is 1.99. The van der Waals surface area contributed by atoms with Gasteiger partial charge in [-0.2, -0.15) is 0 Å². The Labute approximate surface area is 119 Å². The molecule has 0 bridgehead atoms. The smallest absolute Gasteiger partial charge is 0.224 e. The number of para-hydroxylation sites is 2. The van der Waals surface area contributed by atoms with Gasteiger partial charge in [-0.25, -0.2) is 0 Å². The van der Waals surface area contributed by atoms with Gasteiger partial charge in [-0.1, -0.05) is 36.4 Å². The molecule has 4 nitrogen and oxygen atoms in total. The van der Waals surface area contributed by atoms with E-state index >= 15 is 0 Å². The van der Waals surface area contributed by atoms with Crippen molar-refractivity contribution in [3.8, 4) is 0 Å². The molecule has 0 saturated heterocycles. The first-order valence-corrected chi connectivity index (χ1v) is 6.56. The average molecular weight is 269 g/mol. The van der Waals surface area contributed by atoms with Crippen LogP contribution in [0.15, 0.2) is 48.5 Å². The number of nitrogens with one attached hydrogen (secondary N) is 2. The third-order valence-electron chi connectivity index (χ3n) is 3.17. The van der Waals surface area contributed by atoms with Gasteiger partial charge in [0, 0.05) is 25.0 Å². The van der Waals surface area contributed by atoms with E-state index in [-0.39, 0.29) is 5.91 Å². The molecule has 0 aliphatic heterocycles. The summed E-state index contributed by atoms with van der Waals surface area (Å²) in [5.41, 5.74) is 9.66. The highest BCUT2D eigenvalue weighted by Gasteiger charge is 2.06. The molecule has 0 fully saturated rings. The lowest BCUT2D eigenvalue weighted by atomic mass is 10.1. The molecule has 1 amide bonds. The summed E-state index contributed by atoms with van der Waals surface area (Å²) < 4.78 is 0. The minimum Gasteiger partial charge on any atom is -0.398 e. The zero-order valence-electron chi connectivity index (χ0n) is 11.5. The Bertz CT molecular complexity index is 596. The van der Waals surface area contributed by atoms with Gasteiger partial charge in [-0.05, 0) is 23.3 Å². The number of carbonyl (C=O) groups excluding carboxylic acids is 1. The zero-order valence-corrected chi connectivity index (χ0v) is 11.5. The summed E-state index contributed by atoms with van der Waals surface area (Å²) in [6.07, 6.45) is 0.365. The van der Waals surface area contributed by atoms with Crippen molar-refractivity contribution in [1.82, 2.24) is 5.32 Å². The van der Waals surface area contributed by atoms with Crippen molar-refractivity contribution < 1.29 is 4.79 Å². The Morgan fingerprint density at radius 3 is 2.40 bits per heavy atom. The summed E-state index contributed by atoms with van der Waals surface area (Å²) in [5, 5.41) is 5.98. The van der Waals surface area contributed by atoms with Gasteiger partial charge in [-0.15, -0.1) is 0 Å². The van der Waals surface area contributed by atoms with Gasteiger partial charge in [0.15, 0.2) is 0 Å². The third-order valence-corrected chi connectivity index (χ3v) is 3.17. The SMILES string of the molecule is CNC(=O)Cc1ccccc1NCc1ccccc1N. The van der Waals surface area contributed by atoms with Crippen LogP contribution >= 0.6 is 0 Å². The van der Waals surface area contributed by atoms with E-state index in [0.29, 0.717) is 13.0 Å². The largest absolute Gasteiger partial charge is 0.398 e. The summed E-state index contributed by atoms with van der Waals surface area (Å²) in [7, 11) is 1.64. The molecular formula is C16H19N3O. The Kier molecular flexibility index (Phi) is 4.60. The molecule has 104 valence electrons. The number of likely N-dealkylation sites (N-methyl/N-ethyl adjacent to an activating group) is 1. The maximum atomic E-state index is 11.5. The highest BCUT2D eigenvalue weighted by atomic mass is 16.1. The van der Waals surface area contributed by atoms with Crippen molar-refractivity contribution in [3.63, 3.8) is 0 Å². The van der Waals surface area contributed by atoms with Crippen LogP contribution in [0, 0.1) is 0 Å². The maximum absolute atomic E-state index is 11.5. The van der Waals surface area contributed by atoms with Crippen LogP contribution in [-0.2, 0) is 17.8 Å². The Hall–Kier alpha value is -2.49. The number of rotatable bonds is 5. The molecule has 0 aliphatic carbocycles. The van der Waals surface area contributed by atoms with Crippen molar-refractivity contribution in [2.45, 2.75) is 13.0 Å². The van der Waals surface area contributed by atoms with E-state index in [1.807, 2.05) is 48.5 Å². The maximum Gasteiger partial charge on any atom is 0.224 e. The second-order valence-electron chi connectivity index (χ2n) is 4.56. The predicted molar refractivity (Wildman–Crippen MR) is 82.4 cm³/mol. The molecule has 0 aromatic heterocycles. The van der Waals surface area contributed by atoms with Crippen LogP contribution in [0.25, 0.3) is 0 Å². The Balaban J connectivity index is 2.10. The molecule has 0 spiro atoms. The Morgan fingerprint density at radius 2 is 1.70 bits per heavy atom. The summed E-state index contributed by atoms with van der Waals surface area (Å²) in [4.78, 5) is 11.5. The first kappa shape index (κ1) is 13.9. The molecule has 0 aliphatic rings. The van der Waals surface area contributed by atoms with Crippen LogP contribution < -0.4 is 16.4 Å². The lowest BCUT2D eigenvalue weighted by Gasteiger charge is -2.12. The molecule has 0 radical (unpaired) electrons. The van der Waals surface area contributed by atoms with Crippen LogP contribution in [0.5, 0.6) is 0 Å². The van der Waals surface area contributed by atoms with E-state index in [0.717, 1.165) is 22.5 Å². The van der Waals surface area contributed by atoms with E-state index in [9.17, 15) is 4.79 Å². The van der Waals surface area contributed by atoms with Crippen molar-refractivity contribution in [2.24, 2.45) is 0 Å². The van der Waals surface area contributed by atoms with Gasteiger partial charge in [0.2, 0.25) is 5.91 Å². The van der Waals surface area contributed by atoms with Crippen molar-refractivity contribution in [2.75, 3.05) is 18.1 Å². The zero-order chi connectivity index (χ0) is 14.4. The van der Waals surface area contributed by atoms with E-state index in [2.05, 4.69) is 10.6 Å². The second-order valence-corrected chi connectivity index (χ2v) is 4.56. The minimum absolute atomic E-state index is 0.00141. The second kappa shape index (κ2) is 6.61. The third kappa shape index (κ3) is 3.51. The van der Waals surface area contributed by atoms with Gasteiger partial charge in [0.1, 0.15) is 0 Å². The van der Waals surface area contributed by atoms with Crippen LogP contribution in [0.1, 0.15) is 11.1 Å². The van der Waals surface area contributed by atoms with Crippen molar-refractivity contribution in [1.29, 1.82) is 0 Å². The molecule has 0 saturated carbocycles. The van der Waals surface area contributed by atoms with Gasteiger partial charge in [0.05, 0.1) is 6.42 Å². The average Bonchev–Trinajstić information content (AvgIpc) is 2.47. The van der Waals surface area contributed by atoms with Crippen LogP contribution in [-0.4, -0.2) is 13.0 Å². The molecule has 0 unspecified atom stereocenters. The molecule has 20 heavy (non-hydrogen) atoms. The van der Waals surface area contributed by atoms with Crippen molar-refractivity contribution >= 4 is 17.3 Å². The van der Waals surface area contributed by atoms with Crippen LogP contribution in [0.3, 0.4) is 0 Å². The predicted octanol–water partition coefficient (Wildman–Crippen LogP) is 2.17. The molecule has 4 heteroatoms. The molecule has 2 aromatic carbocycles. The monoisotopic (exact) mass is 269 g/mol. The van der Waals surface area contributed by atoms with E-state index in [1.165, 1.54) is 0 Å². The highest BCUT2D eigenvalue weighted by Crippen LogP contribution is 2.18. The number of amides is 1. The highest BCUT2D eigenvalue weighted by molar-refractivity contribution is 5.80. The number of hydrogen-bond acceptors (Lipinski definition) is 3. The molecule has 4 N–H and O–H groups in total.